The number of ketones is 2. The summed E-state index contributed by atoms with van der Waals surface area (Å²) in [5.74, 6) is -0.547. The molecule has 0 aliphatic rings. The van der Waals surface area contributed by atoms with Crippen LogP contribution in [0.15, 0.2) is 0 Å². The summed E-state index contributed by atoms with van der Waals surface area (Å²) in [6.45, 7) is 6.67. The molecule has 0 radical (unpaired) electrons. The maximum Gasteiger partial charge on any atom is 0.167 e. The molecule has 0 rings (SSSR count). The highest BCUT2D eigenvalue weighted by molar-refractivity contribution is 5.95. The summed E-state index contributed by atoms with van der Waals surface area (Å²) in [4.78, 5) is 26.4. The van der Waals surface area contributed by atoms with Crippen molar-refractivity contribution in [1.82, 2.24) is 0 Å². The Kier molecular flexibility index (Phi) is 33.6. The number of carbonyl (C=O) groups excluding carboxylic acids is 2. The summed E-state index contributed by atoms with van der Waals surface area (Å²) in [5.41, 5.74) is 11.4. The topological polar surface area (TPSA) is 86.2 Å². The van der Waals surface area contributed by atoms with Crippen LogP contribution in [0.1, 0.15) is 245 Å². The zero-order chi connectivity index (χ0) is 34.0. The molecule has 0 bridgehead atoms. The van der Waals surface area contributed by atoms with Gasteiger partial charge in [0.1, 0.15) is 11.4 Å². The Hall–Kier alpha value is -0.740. The minimum absolute atomic E-state index is 0.109. The predicted molar refractivity (Wildman–Crippen MR) is 203 cm³/mol. The number of Topliss-reactive ketones (excluding diaryl/α,β-unsaturated/α-hetero) is 2. The van der Waals surface area contributed by atoms with Gasteiger partial charge in [-0.15, -0.1) is 0 Å². The first-order valence-electron chi connectivity index (χ1n) is 21.0. The fraction of sp³-hybridized carbons (Fsp3) is 0.952. The van der Waals surface area contributed by atoms with E-state index in [1.54, 1.807) is 0 Å². The fourth-order valence-corrected chi connectivity index (χ4v) is 6.99. The molecule has 0 fully saturated rings. The SMILES string of the molecule is CCCCCCCCCCCCCCCCCC(=O)C(CCCC)C(N)(N)C(=O)CCCCCCCCCCCCCCCCC. The monoisotopic (exact) mass is 649 g/mol. The lowest BCUT2D eigenvalue weighted by Gasteiger charge is -2.32. The van der Waals surface area contributed by atoms with Crippen LogP contribution in [-0.2, 0) is 9.59 Å². The van der Waals surface area contributed by atoms with Gasteiger partial charge in [-0.25, -0.2) is 0 Å². The first kappa shape index (κ1) is 45.3. The third-order valence-electron chi connectivity index (χ3n) is 10.3. The number of carbonyl (C=O) groups is 2. The highest BCUT2D eigenvalue weighted by Crippen LogP contribution is 2.24. The van der Waals surface area contributed by atoms with Gasteiger partial charge in [0.05, 0.1) is 5.92 Å². The van der Waals surface area contributed by atoms with Gasteiger partial charge in [-0.2, -0.15) is 0 Å². The molecule has 4 heteroatoms. The van der Waals surface area contributed by atoms with Crippen LogP contribution in [-0.4, -0.2) is 17.2 Å². The molecular formula is C42H84N2O2. The van der Waals surface area contributed by atoms with Gasteiger partial charge in [0.2, 0.25) is 0 Å². The average molecular weight is 649 g/mol. The van der Waals surface area contributed by atoms with Crippen LogP contribution in [0.3, 0.4) is 0 Å². The molecule has 274 valence electrons. The van der Waals surface area contributed by atoms with Crippen molar-refractivity contribution < 1.29 is 9.59 Å². The largest absolute Gasteiger partial charge is 0.307 e. The summed E-state index contributed by atoms with van der Waals surface area (Å²) in [6, 6.07) is 0. The smallest absolute Gasteiger partial charge is 0.167 e. The highest BCUT2D eigenvalue weighted by Gasteiger charge is 2.40. The van der Waals surface area contributed by atoms with Gasteiger partial charge in [0.15, 0.2) is 5.78 Å². The van der Waals surface area contributed by atoms with E-state index in [0.29, 0.717) is 19.3 Å². The number of hydrogen-bond acceptors (Lipinski definition) is 4. The maximum atomic E-state index is 13.2. The summed E-state index contributed by atoms with van der Waals surface area (Å²) in [5, 5.41) is 0. The molecule has 0 saturated carbocycles. The van der Waals surface area contributed by atoms with Crippen molar-refractivity contribution in [3.05, 3.63) is 0 Å². The minimum atomic E-state index is -1.52. The van der Waals surface area contributed by atoms with Crippen LogP contribution in [0.5, 0.6) is 0 Å². The molecule has 0 aromatic rings. The van der Waals surface area contributed by atoms with Crippen LogP contribution < -0.4 is 11.5 Å². The molecule has 0 spiro atoms. The molecule has 0 heterocycles. The third-order valence-corrected chi connectivity index (χ3v) is 10.3. The summed E-state index contributed by atoms with van der Waals surface area (Å²) >= 11 is 0. The molecule has 0 aromatic carbocycles. The van der Waals surface area contributed by atoms with Gasteiger partial charge in [-0.05, 0) is 19.3 Å². The Morgan fingerprint density at radius 2 is 0.652 bits per heavy atom. The molecule has 0 amide bonds. The van der Waals surface area contributed by atoms with Crippen molar-refractivity contribution in [2.45, 2.75) is 251 Å². The van der Waals surface area contributed by atoms with E-state index in [1.807, 2.05) is 0 Å². The zero-order valence-corrected chi connectivity index (χ0v) is 31.8. The first-order valence-corrected chi connectivity index (χ1v) is 21.0. The Morgan fingerprint density at radius 1 is 0.391 bits per heavy atom. The summed E-state index contributed by atoms with van der Waals surface area (Å²) < 4.78 is 0. The molecule has 4 nitrogen and oxygen atoms in total. The van der Waals surface area contributed by atoms with E-state index in [2.05, 4.69) is 20.8 Å². The van der Waals surface area contributed by atoms with Crippen molar-refractivity contribution in [2.75, 3.05) is 0 Å². The second kappa shape index (κ2) is 34.1. The summed E-state index contributed by atoms with van der Waals surface area (Å²) in [7, 11) is 0. The third kappa shape index (κ3) is 27.2. The van der Waals surface area contributed by atoms with Crippen LogP contribution in [0.4, 0.5) is 0 Å². The molecular weight excluding hydrogens is 564 g/mol. The Morgan fingerprint density at radius 3 is 0.957 bits per heavy atom. The fourth-order valence-electron chi connectivity index (χ4n) is 6.99. The van der Waals surface area contributed by atoms with Crippen molar-refractivity contribution in [3.8, 4) is 0 Å². The normalized spacial score (nSPS) is 12.5. The molecule has 4 N–H and O–H groups in total. The zero-order valence-electron chi connectivity index (χ0n) is 31.8. The van der Waals surface area contributed by atoms with E-state index in [0.717, 1.165) is 38.5 Å². The molecule has 0 aliphatic carbocycles. The lowest BCUT2D eigenvalue weighted by Crippen LogP contribution is -2.63. The van der Waals surface area contributed by atoms with E-state index < -0.39 is 11.6 Å². The van der Waals surface area contributed by atoms with Gasteiger partial charge < -0.3 is 11.5 Å². The first-order chi connectivity index (χ1) is 22.4. The van der Waals surface area contributed by atoms with Crippen molar-refractivity contribution in [2.24, 2.45) is 17.4 Å². The molecule has 0 aromatic heterocycles. The van der Waals surface area contributed by atoms with Crippen molar-refractivity contribution in [1.29, 1.82) is 0 Å². The maximum absolute atomic E-state index is 13.2. The second-order valence-electron chi connectivity index (χ2n) is 14.9. The van der Waals surface area contributed by atoms with E-state index in [-0.39, 0.29) is 11.6 Å². The number of rotatable bonds is 38. The highest BCUT2D eigenvalue weighted by atomic mass is 16.1. The van der Waals surface area contributed by atoms with Gasteiger partial charge in [0.25, 0.3) is 0 Å². The molecule has 1 atom stereocenters. The van der Waals surface area contributed by atoms with E-state index >= 15 is 0 Å². The van der Waals surface area contributed by atoms with Gasteiger partial charge in [-0.1, -0.05) is 213 Å². The molecule has 46 heavy (non-hydrogen) atoms. The molecule has 0 aliphatic heterocycles. The van der Waals surface area contributed by atoms with Crippen molar-refractivity contribution >= 4 is 11.6 Å². The minimum Gasteiger partial charge on any atom is -0.307 e. The molecule has 0 saturated heterocycles. The number of nitrogens with two attached hydrogens (primary N) is 2. The Bertz CT molecular complexity index is 662. The van der Waals surface area contributed by atoms with Crippen LogP contribution in [0.25, 0.3) is 0 Å². The number of unbranched alkanes of at least 4 members (excludes halogenated alkanes) is 29. The average Bonchev–Trinajstić information content (AvgIpc) is 3.04. The Balaban J connectivity index is 4.00. The quantitative estimate of drug-likeness (QED) is 0.0515. The van der Waals surface area contributed by atoms with E-state index in [1.165, 1.54) is 167 Å². The number of hydrogen-bond donors (Lipinski definition) is 2. The van der Waals surface area contributed by atoms with E-state index in [4.69, 9.17) is 11.5 Å². The predicted octanol–water partition coefficient (Wildman–Crippen LogP) is 13.1. The summed E-state index contributed by atoms with van der Waals surface area (Å²) in [6.07, 6.45) is 42.5. The van der Waals surface area contributed by atoms with Crippen molar-refractivity contribution in [3.63, 3.8) is 0 Å². The van der Waals surface area contributed by atoms with Gasteiger partial charge in [-0.3, -0.25) is 9.59 Å². The lowest BCUT2D eigenvalue weighted by atomic mass is 9.80. The van der Waals surface area contributed by atoms with Crippen LogP contribution >= 0.6 is 0 Å². The lowest BCUT2D eigenvalue weighted by molar-refractivity contribution is -0.134. The van der Waals surface area contributed by atoms with Crippen LogP contribution in [0, 0.1) is 5.92 Å². The Labute approximate surface area is 289 Å². The molecule has 1 unspecified atom stereocenters. The van der Waals surface area contributed by atoms with Gasteiger partial charge in [0, 0.05) is 12.8 Å². The van der Waals surface area contributed by atoms with Crippen LogP contribution in [0.2, 0.25) is 0 Å². The standard InChI is InChI=1S/C42H84N2O2/c1-4-7-10-12-14-16-18-20-22-24-26-28-30-32-34-37-40(45)39(36-9-6-3)42(43,44)41(46)38-35-33-31-29-27-25-23-21-19-17-15-13-11-8-5-2/h39H,4-38,43-44H2,1-3H3. The van der Waals surface area contributed by atoms with Gasteiger partial charge >= 0.3 is 0 Å². The van der Waals surface area contributed by atoms with E-state index in [9.17, 15) is 9.59 Å². The second-order valence-corrected chi connectivity index (χ2v) is 14.9.